The summed E-state index contributed by atoms with van der Waals surface area (Å²) < 4.78 is 5.02. The summed E-state index contributed by atoms with van der Waals surface area (Å²) in [5.41, 5.74) is 3.08. The van der Waals surface area contributed by atoms with E-state index in [1.807, 2.05) is 31.2 Å². The third kappa shape index (κ3) is 3.62. The van der Waals surface area contributed by atoms with Gasteiger partial charge in [-0.15, -0.1) is 0 Å². The van der Waals surface area contributed by atoms with E-state index in [0.29, 0.717) is 26.1 Å². The molecule has 0 fully saturated rings. The highest BCUT2D eigenvalue weighted by atomic mass is 16.5. The van der Waals surface area contributed by atoms with Crippen LogP contribution in [0, 0.1) is 6.92 Å². The van der Waals surface area contributed by atoms with Gasteiger partial charge in [0, 0.05) is 36.8 Å². The van der Waals surface area contributed by atoms with E-state index >= 15 is 0 Å². The van der Waals surface area contributed by atoms with Crippen LogP contribution in [0.1, 0.15) is 11.3 Å². The van der Waals surface area contributed by atoms with Gasteiger partial charge in [-0.1, -0.05) is 18.2 Å². The molecule has 0 unspecified atom stereocenters. The van der Waals surface area contributed by atoms with Crippen molar-refractivity contribution >= 4 is 16.8 Å². The maximum atomic E-state index is 12.4. The van der Waals surface area contributed by atoms with Crippen LogP contribution in [0.25, 0.3) is 10.9 Å². The van der Waals surface area contributed by atoms with Crippen LogP contribution in [0.2, 0.25) is 0 Å². The third-order valence-electron chi connectivity index (χ3n) is 3.64. The Bertz CT molecular complexity index is 607. The Balaban J connectivity index is 2.17. The molecule has 1 aromatic carbocycles. The number of amides is 1. The van der Waals surface area contributed by atoms with Crippen molar-refractivity contribution in [1.29, 1.82) is 0 Å². The molecule has 0 spiro atoms. The second-order valence-corrected chi connectivity index (χ2v) is 5.05. The SMILES string of the molecule is COCCN(CCO)C(=O)Cc1c(C)[nH]c2ccccc12. The van der Waals surface area contributed by atoms with Gasteiger partial charge in [0.05, 0.1) is 19.6 Å². The van der Waals surface area contributed by atoms with E-state index in [2.05, 4.69) is 4.98 Å². The molecule has 5 nitrogen and oxygen atoms in total. The molecule has 0 aliphatic rings. The Morgan fingerprint density at radius 1 is 1.33 bits per heavy atom. The minimum Gasteiger partial charge on any atom is -0.395 e. The summed E-state index contributed by atoms with van der Waals surface area (Å²) >= 11 is 0. The van der Waals surface area contributed by atoms with Gasteiger partial charge in [-0.3, -0.25) is 4.79 Å². The maximum Gasteiger partial charge on any atom is 0.227 e. The van der Waals surface area contributed by atoms with Crippen LogP contribution < -0.4 is 0 Å². The fourth-order valence-corrected chi connectivity index (χ4v) is 2.51. The fourth-order valence-electron chi connectivity index (χ4n) is 2.51. The highest BCUT2D eigenvalue weighted by Crippen LogP contribution is 2.22. The number of nitrogens with one attached hydrogen (secondary N) is 1. The fraction of sp³-hybridized carbons (Fsp3) is 0.438. The Hall–Kier alpha value is -1.85. The number of H-pyrrole nitrogens is 1. The molecule has 5 heteroatoms. The molecule has 0 radical (unpaired) electrons. The highest BCUT2D eigenvalue weighted by Gasteiger charge is 2.17. The van der Waals surface area contributed by atoms with Crippen molar-refractivity contribution < 1.29 is 14.6 Å². The van der Waals surface area contributed by atoms with E-state index in [4.69, 9.17) is 9.84 Å². The van der Waals surface area contributed by atoms with Crippen molar-refractivity contribution in [3.05, 3.63) is 35.5 Å². The molecule has 2 N–H and O–H groups in total. The van der Waals surface area contributed by atoms with E-state index in [1.54, 1.807) is 12.0 Å². The number of hydrogen-bond donors (Lipinski definition) is 2. The minimum absolute atomic E-state index is 0.00829. The number of rotatable bonds is 7. The molecule has 114 valence electrons. The summed E-state index contributed by atoms with van der Waals surface area (Å²) in [5.74, 6) is 0.00829. The normalized spacial score (nSPS) is 11.0. The van der Waals surface area contributed by atoms with Gasteiger partial charge in [0.2, 0.25) is 5.91 Å². The van der Waals surface area contributed by atoms with Crippen molar-refractivity contribution in [1.82, 2.24) is 9.88 Å². The van der Waals surface area contributed by atoms with Gasteiger partial charge in [0.25, 0.3) is 0 Å². The van der Waals surface area contributed by atoms with Gasteiger partial charge >= 0.3 is 0 Å². The topological polar surface area (TPSA) is 65.6 Å². The lowest BCUT2D eigenvalue weighted by Gasteiger charge is -2.21. The Morgan fingerprint density at radius 3 is 2.81 bits per heavy atom. The zero-order valence-electron chi connectivity index (χ0n) is 12.6. The Morgan fingerprint density at radius 2 is 2.10 bits per heavy atom. The van der Waals surface area contributed by atoms with Gasteiger partial charge in [-0.05, 0) is 18.6 Å². The van der Waals surface area contributed by atoms with Crippen molar-refractivity contribution in [3.63, 3.8) is 0 Å². The average Bonchev–Trinajstić information content (AvgIpc) is 2.79. The summed E-state index contributed by atoms with van der Waals surface area (Å²) in [6.45, 7) is 3.25. The van der Waals surface area contributed by atoms with Crippen molar-refractivity contribution in [2.24, 2.45) is 0 Å². The quantitative estimate of drug-likeness (QED) is 0.812. The largest absolute Gasteiger partial charge is 0.395 e. The molecule has 2 rings (SSSR count). The maximum absolute atomic E-state index is 12.4. The number of methoxy groups -OCH3 is 1. The van der Waals surface area contributed by atoms with Gasteiger partial charge in [-0.2, -0.15) is 0 Å². The van der Waals surface area contributed by atoms with Crippen LogP contribution in [0.15, 0.2) is 24.3 Å². The number of nitrogens with zero attached hydrogens (tertiary/aromatic N) is 1. The number of carbonyl (C=O) groups is 1. The van der Waals surface area contributed by atoms with Crippen LogP contribution in [-0.4, -0.2) is 54.3 Å². The second-order valence-electron chi connectivity index (χ2n) is 5.05. The number of carbonyl (C=O) groups excluding carboxylic acids is 1. The molecular formula is C16H22N2O3. The molecule has 0 atom stereocenters. The molecular weight excluding hydrogens is 268 g/mol. The lowest BCUT2D eigenvalue weighted by molar-refractivity contribution is -0.131. The molecule has 1 amide bonds. The first kappa shape index (κ1) is 15.5. The van der Waals surface area contributed by atoms with E-state index in [0.717, 1.165) is 22.2 Å². The molecule has 0 aliphatic heterocycles. The number of para-hydroxylation sites is 1. The summed E-state index contributed by atoms with van der Waals surface area (Å²) in [4.78, 5) is 17.4. The molecule has 1 aromatic heterocycles. The van der Waals surface area contributed by atoms with Crippen molar-refractivity contribution in [3.8, 4) is 0 Å². The zero-order chi connectivity index (χ0) is 15.2. The number of benzene rings is 1. The number of aromatic nitrogens is 1. The molecule has 1 heterocycles. The molecule has 0 saturated heterocycles. The smallest absolute Gasteiger partial charge is 0.227 e. The number of aromatic amines is 1. The number of aliphatic hydroxyl groups excluding tert-OH is 1. The molecule has 2 aromatic rings. The van der Waals surface area contributed by atoms with E-state index in [1.165, 1.54) is 0 Å². The van der Waals surface area contributed by atoms with Gasteiger partial charge in [0.1, 0.15) is 0 Å². The lowest BCUT2D eigenvalue weighted by Crippen LogP contribution is -2.37. The monoisotopic (exact) mass is 290 g/mol. The summed E-state index contributed by atoms with van der Waals surface area (Å²) in [5, 5.41) is 10.2. The predicted molar refractivity (Wildman–Crippen MR) is 82.3 cm³/mol. The number of aryl methyl sites for hydroxylation is 1. The first-order valence-corrected chi connectivity index (χ1v) is 7.11. The van der Waals surface area contributed by atoms with E-state index < -0.39 is 0 Å². The van der Waals surface area contributed by atoms with Crippen LogP contribution in [-0.2, 0) is 16.0 Å². The van der Waals surface area contributed by atoms with Crippen LogP contribution in [0.5, 0.6) is 0 Å². The average molecular weight is 290 g/mol. The first-order chi connectivity index (χ1) is 10.2. The standard InChI is InChI=1S/C16H22N2O3/c1-12-14(13-5-3-4-6-15(13)17-12)11-16(20)18(7-9-19)8-10-21-2/h3-6,17,19H,7-11H2,1-2H3. The lowest BCUT2D eigenvalue weighted by atomic mass is 10.1. The van der Waals surface area contributed by atoms with Gasteiger partial charge < -0.3 is 19.7 Å². The van der Waals surface area contributed by atoms with E-state index in [9.17, 15) is 4.79 Å². The molecule has 0 saturated carbocycles. The number of fused-ring (bicyclic) bond motifs is 1. The third-order valence-corrected chi connectivity index (χ3v) is 3.64. The Kier molecular flexibility index (Phi) is 5.36. The number of hydrogen-bond acceptors (Lipinski definition) is 3. The minimum atomic E-state index is -0.0394. The number of ether oxygens (including phenoxy) is 1. The van der Waals surface area contributed by atoms with Crippen LogP contribution in [0.4, 0.5) is 0 Å². The number of aliphatic hydroxyl groups is 1. The second kappa shape index (κ2) is 7.24. The predicted octanol–water partition coefficient (Wildman–Crippen LogP) is 1.49. The first-order valence-electron chi connectivity index (χ1n) is 7.11. The molecule has 0 bridgehead atoms. The van der Waals surface area contributed by atoms with Crippen molar-refractivity contribution in [2.45, 2.75) is 13.3 Å². The summed E-state index contributed by atoms with van der Waals surface area (Å²) in [6, 6.07) is 7.97. The van der Waals surface area contributed by atoms with E-state index in [-0.39, 0.29) is 12.5 Å². The zero-order valence-corrected chi connectivity index (χ0v) is 12.6. The molecule has 0 aliphatic carbocycles. The van der Waals surface area contributed by atoms with Crippen molar-refractivity contribution in [2.75, 3.05) is 33.4 Å². The highest BCUT2D eigenvalue weighted by molar-refractivity contribution is 5.90. The summed E-state index contributed by atoms with van der Waals surface area (Å²) in [7, 11) is 1.60. The van der Waals surface area contributed by atoms with Gasteiger partial charge in [0.15, 0.2) is 0 Å². The van der Waals surface area contributed by atoms with Crippen LogP contribution >= 0.6 is 0 Å². The van der Waals surface area contributed by atoms with Crippen LogP contribution in [0.3, 0.4) is 0 Å². The van der Waals surface area contributed by atoms with Gasteiger partial charge in [-0.25, -0.2) is 0 Å². The molecule has 21 heavy (non-hydrogen) atoms. The Labute approximate surface area is 124 Å². The summed E-state index contributed by atoms with van der Waals surface area (Å²) in [6.07, 6.45) is 0.333.